The number of hydrogen-bond donors (Lipinski definition) is 2. The Morgan fingerprint density at radius 1 is 1.12 bits per heavy atom. The molecule has 3 aromatic rings. The molecule has 0 spiro atoms. The topological polar surface area (TPSA) is 83.2 Å². The molecule has 0 saturated carbocycles. The van der Waals surface area contributed by atoms with E-state index in [1.807, 2.05) is 13.0 Å². The lowest BCUT2D eigenvalue weighted by molar-refractivity contribution is -0.138. The van der Waals surface area contributed by atoms with Crippen LogP contribution in [0.3, 0.4) is 0 Å². The first kappa shape index (κ1) is 24.2. The predicted octanol–water partition coefficient (Wildman–Crippen LogP) is 4.26. The minimum absolute atomic E-state index is 0.0884. The van der Waals surface area contributed by atoms with E-state index in [2.05, 4.69) is 44.4 Å². The van der Waals surface area contributed by atoms with Gasteiger partial charge in [0.05, 0.1) is 11.3 Å². The number of nitrogens with zero attached hydrogens (tertiary/aromatic N) is 5. The largest absolute Gasteiger partial charge is 0.416 e. The quantitative estimate of drug-likeness (QED) is 0.536. The van der Waals surface area contributed by atoms with Crippen LogP contribution in [0.5, 0.6) is 0 Å². The van der Waals surface area contributed by atoms with Crippen molar-refractivity contribution in [2.75, 3.05) is 37.4 Å². The second-order valence-electron chi connectivity index (χ2n) is 9.04. The highest BCUT2D eigenvalue weighted by molar-refractivity contribution is 5.94. The number of aryl methyl sites for hydroxylation is 1. The Morgan fingerprint density at radius 3 is 2.47 bits per heavy atom. The van der Waals surface area contributed by atoms with Crippen LogP contribution in [0.1, 0.15) is 41.4 Å². The minimum Gasteiger partial charge on any atom is -0.356 e. The van der Waals surface area contributed by atoms with E-state index in [1.54, 1.807) is 12.3 Å². The van der Waals surface area contributed by atoms with E-state index in [4.69, 9.17) is 5.73 Å². The molecule has 0 amide bonds. The van der Waals surface area contributed by atoms with Gasteiger partial charge in [0.1, 0.15) is 12.0 Å². The van der Waals surface area contributed by atoms with Crippen LogP contribution in [-0.2, 0) is 6.18 Å². The number of benzene rings is 1. The maximum Gasteiger partial charge on any atom is 0.416 e. The van der Waals surface area contributed by atoms with Gasteiger partial charge in [-0.25, -0.2) is 4.98 Å². The fraction of sp³-hybridized carbons (Fsp3) is 0.458. The Balaban J connectivity index is 1.65. The molecule has 7 nitrogen and oxygen atoms in total. The summed E-state index contributed by atoms with van der Waals surface area (Å²) in [6.07, 6.45) is -1.47. The summed E-state index contributed by atoms with van der Waals surface area (Å²) in [5, 5.41) is 13.2. The van der Waals surface area contributed by atoms with Gasteiger partial charge in [-0.15, -0.1) is 5.10 Å². The van der Waals surface area contributed by atoms with Gasteiger partial charge in [-0.2, -0.15) is 18.3 Å². The summed E-state index contributed by atoms with van der Waals surface area (Å²) in [6, 6.07) is 6.53. The van der Waals surface area contributed by atoms with E-state index >= 15 is 0 Å². The Morgan fingerprint density at radius 2 is 1.82 bits per heavy atom. The monoisotopic (exact) mass is 473 g/mol. The van der Waals surface area contributed by atoms with Gasteiger partial charge in [0, 0.05) is 36.1 Å². The molecule has 1 fully saturated rings. The van der Waals surface area contributed by atoms with Gasteiger partial charge in [-0.3, -0.25) is 0 Å². The summed E-state index contributed by atoms with van der Waals surface area (Å²) in [5.74, 6) is 1.25. The second-order valence-corrected chi connectivity index (χ2v) is 9.04. The first-order chi connectivity index (χ1) is 16.1. The number of fused-ring (bicyclic) bond motifs is 1. The molecular formula is C24H30F3N7. The molecular weight excluding hydrogens is 443 g/mol. The van der Waals surface area contributed by atoms with Gasteiger partial charge in [-0.1, -0.05) is 12.1 Å². The number of anilines is 2. The Hall–Kier alpha value is -2.98. The number of alkyl halides is 3. The molecule has 182 valence electrons. The van der Waals surface area contributed by atoms with Crippen molar-refractivity contribution in [1.29, 1.82) is 0 Å². The molecule has 3 N–H and O–H groups in total. The third-order valence-corrected chi connectivity index (χ3v) is 6.66. The smallest absolute Gasteiger partial charge is 0.356 e. The number of aromatic nitrogens is 3. The molecule has 1 saturated heterocycles. The second kappa shape index (κ2) is 9.34. The zero-order valence-electron chi connectivity index (χ0n) is 19.8. The molecule has 1 atom stereocenters. The molecule has 1 aliphatic heterocycles. The van der Waals surface area contributed by atoms with Crippen LogP contribution in [0.4, 0.5) is 24.8 Å². The van der Waals surface area contributed by atoms with E-state index in [9.17, 15) is 13.2 Å². The van der Waals surface area contributed by atoms with Crippen molar-refractivity contribution in [1.82, 2.24) is 20.1 Å². The summed E-state index contributed by atoms with van der Waals surface area (Å²) < 4.78 is 40.1. The van der Waals surface area contributed by atoms with Gasteiger partial charge >= 0.3 is 6.18 Å². The zero-order valence-corrected chi connectivity index (χ0v) is 19.8. The van der Waals surface area contributed by atoms with Crippen LogP contribution in [0.2, 0.25) is 0 Å². The molecule has 3 heterocycles. The van der Waals surface area contributed by atoms with E-state index in [0.29, 0.717) is 17.4 Å². The maximum atomic E-state index is 13.4. The van der Waals surface area contributed by atoms with Gasteiger partial charge in [0.15, 0.2) is 5.82 Å². The molecule has 4 rings (SSSR count). The number of nitrogens with two attached hydrogens (primary N) is 1. The minimum atomic E-state index is -4.45. The van der Waals surface area contributed by atoms with Crippen molar-refractivity contribution in [3.63, 3.8) is 0 Å². The van der Waals surface area contributed by atoms with Crippen molar-refractivity contribution in [3.8, 4) is 0 Å². The van der Waals surface area contributed by atoms with Crippen LogP contribution >= 0.6 is 0 Å². The predicted molar refractivity (Wildman–Crippen MR) is 128 cm³/mol. The van der Waals surface area contributed by atoms with Crippen LogP contribution in [-0.4, -0.2) is 53.3 Å². The summed E-state index contributed by atoms with van der Waals surface area (Å²) in [5.41, 5.74) is 6.78. The molecule has 1 aromatic carbocycles. The average molecular weight is 474 g/mol. The zero-order chi connectivity index (χ0) is 24.6. The molecule has 0 bridgehead atoms. The third kappa shape index (κ3) is 4.78. The van der Waals surface area contributed by atoms with Gasteiger partial charge in [0.2, 0.25) is 0 Å². The molecule has 10 heteroatoms. The number of piperidine rings is 1. The van der Waals surface area contributed by atoms with Crippen molar-refractivity contribution >= 4 is 22.4 Å². The molecule has 0 unspecified atom stereocenters. The lowest BCUT2D eigenvalue weighted by Crippen LogP contribution is -2.42. The number of rotatable bonds is 5. The molecule has 2 aromatic heterocycles. The van der Waals surface area contributed by atoms with Crippen LogP contribution in [0.15, 0.2) is 30.5 Å². The van der Waals surface area contributed by atoms with Crippen molar-refractivity contribution in [2.45, 2.75) is 45.1 Å². The number of hydrogen-bond acceptors (Lipinski definition) is 7. The molecule has 34 heavy (non-hydrogen) atoms. The van der Waals surface area contributed by atoms with Crippen molar-refractivity contribution < 1.29 is 13.2 Å². The molecule has 1 aliphatic rings. The highest BCUT2D eigenvalue weighted by Gasteiger charge is 2.33. The van der Waals surface area contributed by atoms with Gasteiger partial charge < -0.3 is 20.9 Å². The SMILES string of the molecule is Cc1c([C@@H](N)Nc2nnc(C)c3cnc(N4CCC(N(C)C)CC4)cc23)cccc1C(F)(F)F. The number of pyridine rings is 1. The fourth-order valence-electron chi connectivity index (χ4n) is 4.57. The lowest BCUT2D eigenvalue weighted by atomic mass is 10.00. The lowest BCUT2D eigenvalue weighted by Gasteiger charge is -2.36. The van der Waals surface area contributed by atoms with E-state index in [0.717, 1.165) is 54.3 Å². The van der Waals surface area contributed by atoms with Gasteiger partial charge in [-0.05, 0) is 64.0 Å². The van der Waals surface area contributed by atoms with Crippen molar-refractivity contribution in [3.05, 3.63) is 52.8 Å². The Kier molecular flexibility index (Phi) is 6.64. The first-order valence-corrected chi connectivity index (χ1v) is 11.3. The summed E-state index contributed by atoms with van der Waals surface area (Å²) in [6.45, 7) is 5.06. The molecule has 0 aliphatic carbocycles. The Bertz CT molecular complexity index is 1170. The maximum absolute atomic E-state index is 13.4. The van der Waals surface area contributed by atoms with Crippen LogP contribution < -0.4 is 16.0 Å². The van der Waals surface area contributed by atoms with E-state index in [-0.39, 0.29) is 5.56 Å². The summed E-state index contributed by atoms with van der Waals surface area (Å²) in [4.78, 5) is 9.15. The third-order valence-electron chi connectivity index (χ3n) is 6.66. The standard InChI is InChI=1S/C24H30F3N7/c1-14-17(6-5-7-20(14)24(25,26)27)22(28)30-23-18-12-21(29-13-19(18)15(2)31-32-23)34-10-8-16(9-11-34)33(3)4/h5-7,12-13,16,22H,8-11,28H2,1-4H3,(H,30,32)/t22-/m0/s1. The first-order valence-electron chi connectivity index (χ1n) is 11.3. The summed E-state index contributed by atoms with van der Waals surface area (Å²) >= 11 is 0. The van der Waals surface area contributed by atoms with E-state index in [1.165, 1.54) is 13.0 Å². The summed E-state index contributed by atoms with van der Waals surface area (Å²) in [7, 11) is 4.20. The highest BCUT2D eigenvalue weighted by atomic mass is 19.4. The number of nitrogens with one attached hydrogen (secondary N) is 1. The van der Waals surface area contributed by atoms with Gasteiger partial charge in [0.25, 0.3) is 0 Å². The number of halogens is 3. The Labute approximate surface area is 197 Å². The average Bonchev–Trinajstić information content (AvgIpc) is 2.80. The van der Waals surface area contributed by atoms with Crippen molar-refractivity contribution in [2.24, 2.45) is 5.73 Å². The van der Waals surface area contributed by atoms with E-state index < -0.39 is 17.9 Å². The normalized spacial score (nSPS) is 16.3. The van der Waals surface area contributed by atoms with Crippen LogP contribution in [0.25, 0.3) is 10.8 Å². The highest BCUT2D eigenvalue weighted by Crippen LogP contribution is 2.35. The van der Waals surface area contributed by atoms with Crippen LogP contribution in [0, 0.1) is 13.8 Å². The fourth-order valence-corrected chi connectivity index (χ4v) is 4.57. The molecule has 0 radical (unpaired) electrons.